The van der Waals surface area contributed by atoms with E-state index in [1.165, 1.54) is 0 Å². The van der Waals surface area contributed by atoms with Gasteiger partial charge in [-0.1, -0.05) is 43.3 Å². The average Bonchev–Trinajstić information content (AvgIpc) is 2.49. The Balaban J connectivity index is 2.61. The number of carbonyl (C=O) groups is 1. The quantitative estimate of drug-likeness (QED) is 0.261. The number of nitrogens with one attached hydrogen (secondary N) is 2. The summed E-state index contributed by atoms with van der Waals surface area (Å²) in [6, 6.07) is 7.02. The van der Waals surface area contributed by atoms with Crippen molar-refractivity contribution >= 4 is 11.7 Å². The van der Waals surface area contributed by atoms with Gasteiger partial charge in [0.1, 0.15) is 0 Å². The molecule has 0 aliphatic heterocycles. The molecule has 6 heteroatoms. The molecule has 1 aromatic carbocycles. The van der Waals surface area contributed by atoms with Crippen LogP contribution in [0.1, 0.15) is 31.9 Å². The molecule has 0 saturated carbocycles. The lowest BCUT2D eigenvalue weighted by Crippen LogP contribution is -2.43. The first-order chi connectivity index (χ1) is 9.95. The van der Waals surface area contributed by atoms with Crippen molar-refractivity contribution < 1.29 is 10.0 Å². The van der Waals surface area contributed by atoms with Crippen LogP contribution >= 0.6 is 0 Å². The van der Waals surface area contributed by atoms with Gasteiger partial charge in [-0.05, 0) is 18.4 Å². The molecular formula is C15H24N4O2. The zero-order chi connectivity index (χ0) is 15.8. The summed E-state index contributed by atoms with van der Waals surface area (Å²) in [4.78, 5) is 11.9. The molecule has 0 heterocycles. The van der Waals surface area contributed by atoms with E-state index in [1.54, 1.807) is 6.07 Å². The predicted octanol–water partition coefficient (Wildman–Crippen LogP) is 1.03. The number of amidine groups is 1. The summed E-state index contributed by atoms with van der Waals surface area (Å²) >= 11 is 0. The van der Waals surface area contributed by atoms with Gasteiger partial charge in [-0.25, -0.2) is 0 Å². The van der Waals surface area contributed by atoms with Gasteiger partial charge < -0.3 is 21.6 Å². The highest BCUT2D eigenvalue weighted by Crippen LogP contribution is 2.08. The molecule has 1 rings (SSSR count). The maximum Gasteiger partial charge on any atom is 0.236 e. The van der Waals surface area contributed by atoms with Crippen LogP contribution in [0.15, 0.2) is 29.4 Å². The van der Waals surface area contributed by atoms with Gasteiger partial charge in [0.25, 0.3) is 0 Å². The van der Waals surface area contributed by atoms with Crippen molar-refractivity contribution in [3.8, 4) is 0 Å². The smallest absolute Gasteiger partial charge is 0.236 e. The Morgan fingerprint density at radius 3 is 2.62 bits per heavy atom. The second-order valence-corrected chi connectivity index (χ2v) is 5.38. The highest BCUT2D eigenvalue weighted by Gasteiger charge is 2.13. The van der Waals surface area contributed by atoms with Crippen LogP contribution in [0.2, 0.25) is 0 Å². The van der Waals surface area contributed by atoms with E-state index in [0.29, 0.717) is 24.6 Å². The number of nitrogens with two attached hydrogens (primary N) is 1. The lowest BCUT2D eigenvalue weighted by Gasteiger charge is -2.16. The predicted molar refractivity (Wildman–Crippen MR) is 83.1 cm³/mol. The number of hydrogen-bond donors (Lipinski definition) is 4. The molecule has 0 saturated heterocycles. The first-order valence-corrected chi connectivity index (χ1v) is 7.02. The van der Waals surface area contributed by atoms with Crippen LogP contribution in [-0.2, 0) is 11.3 Å². The van der Waals surface area contributed by atoms with Crippen LogP contribution in [0, 0.1) is 5.92 Å². The Labute approximate surface area is 125 Å². The minimum absolute atomic E-state index is 0.0371. The van der Waals surface area contributed by atoms with E-state index in [-0.39, 0.29) is 17.8 Å². The van der Waals surface area contributed by atoms with Crippen LogP contribution in [0.25, 0.3) is 0 Å². The monoisotopic (exact) mass is 292 g/mol. The summed E-state index contributed by atoms with van der Waals surface area (Å²) < 4.78 is 0. The number of rotatable bonds is 7. The Morgan fingerprint density at radius 2 is 2.00 bits per heavy atom. The lowest BCUT2D eigenvalue weighted by molar-refractivity contribution is -0.122. The second-order valence-electron chi connectivity index (χ2n) is 5.38. The van der Waals surface area contributed by atoms with E-state index in [2.05, 4.69) is 15.8 Å². The van der Waals surface area contributed by atoms with E-state index in [4.69, 9.17) is 10.9 Å². The van der Waals surface area contributed by atoms with Crippen LogP contribution in [0.3, 0.4) is 0 Å². The zero-order valence-corrected chi connectivity index (χ0v) is 12.8. The van der Waals surface area contributed by atoms with E-state index >= 15 is 0 Å². The van der Waals surface area contributed by atoms with Crippen molar-refractivity contribution in [1.82, 2.24) is 10.6 Å². The third-order valence-electron chi connectivity index (χ3n) is 3.08. The second kappa shape index (κ2) is 8.26. The summed E-state index contributed by atoms with van der Waals surface area (Å²) in [5.41, 5.74) is 7.16. The molecule has 1 amide bonds. The average molecular weight is 292 g/mol. The number of benzene rings is 1. The largest absolute Gasteiger partial charge is 0.409 e. The maximum atomic E-state index is 11.9. The van der Waals surface area contributed by atoms with E-state index < -0.39 is 0 Å². The van der Waals surface area contributed by atoms with Gasteiger partial charge in [0.05, 0.1) is 6.04 Å². The van der Waals surface area contributed by atoms with E-state index in [1.807, 2.05) is 39.0 Å². The summed E-state index contributed by atoms with van der Waals surface area (Å²) in [7, 11) is 0. The first-order valence-electron chi connectivity index (χ1n) is 7.02. The van der Waals surface area contributed by atoms with Gasteiger partial charge in [-0.15, -0.1) is 0 Å². The molecule has 0 aliphatic rings. The fourth-order valence-electron chi connectivity index (χ4n) is 1.79. The fourth-order valence-corrected chi connectivity index (χ4v) is 1.79. The van der Waals surface area contributed by atoms with Crippen molar-refractivity contribution in [2.24, 2.45) is 16.8 Å². The number of carbonyl (C=O) groups excluding carboxylic acids is 1. The molecule has 0 aromatic heterocycles. The SMILES string of the molecule is CC(C)CNC(=O)C(C)NCc1ccccc1/C(N)=N/O. The third-order valence-corrected chi connectivity index (χ3v) is 3.08. The fraction of sp³-hybridized carbons (Fsp3) is 0.467. The molecular weight excluding hydrogens is 268 g/mol. The molecule has 0 bridgehead atoms. The summed E-state index contributed by atoms with van der Waals surface area (Å²) in [5.74, 6) is 0.441. The molecule has 5 N–H and O–H groups in total. The van der Waals surface area contributed by atoms with Crippen LogP contribution < -0.4 is 16.4 Å². The van der Waals surface area contributed by atoms with Crippen molar-refractivity contribution in [2.45, 2.75) is 33.4 Å². The van der Waals surface area contributed by atoms with Crippen molar-refractivity contribution in [3.05, 3.63) is 35.4 Å². The topological polar surface area (TPSA) is 99.7 Å². The molecule has 0 radical (unpaired) electrons. The minimum atomic E-state index is -0.316. The summed E-state index contributed by atoms with van der Waals surface area (Å²) in [6.45, 7) is 7.02. The highest BCUT2D eigenvalue weighted by molar-refractivity contribution is 5.98. The molecule has 1 aromatic rings. The lowest BCUT2D eigenvalue weighted by atomic mass is 10.1. The number of hydrogen-bond acceptors (Lipinski definition) is 4. The van der Waals surface area contributed by atoms with Crippen molar-refractivity contribution in [2.75, 3.05) is 6.54 Å². The van der Waals surface area contributed by atoms with Gasteiger partial charge in [-0.2, -0.15) is 0 Å². The van der Waals surface area contributed by atoms with Gasteiger partial charge in [0.15, 0.2) is 5.84 Å². The van der Waals surface area contributed by atoms with E-state index in [0.717, 1.165) is 5.56 Å². The van der Waals surface area contributed by atoms with Gasteiger partial charge in [-0.3, -0.25) is 4.79 Å². The molecule has 0 fully saturated rings. The van der Waals surface area contributed by atoms with E-state index in [9.17, 15) is 4.79 Å². The molecule has 21 heavy (non-hydrogen) atoms. The van der Waals surface area contributed by atoms with Gasteiger partial charge in [0, 0.05) is 18.7 Å². The third kappa shape index (κ3) is 5.43. The molecule has 0 spiro atoms. The number of nitrogens with zero attached hydrogens (tertiary/aromatic N) is 1. The van der Waals surface area contributed by atoms with Crippen molar-refractivity contribution in [3.63, 3.8) is 0 Å². The molecule has 6 nitrogen and oxygen atoms in total. The Hall–Kier alpha value is -2.08. The maximum absolute atomic E-state index is 11.9. The van der Waals surface area contributed by atoms with Crippen LogP contribution in [-0.4, -0.2) is 29.5 Å². The molecule has 1 atom stereocenters. The van der Waals surface area contributed by atoms with Crippen LogP contribution in [0.4, 0.5) is 0 Å². The molecule has 0 aliphatic carbocycles. The van der Waals surface area contributed by atoms with Gasteiger partial charge >= 0.3 is 0 Å². The highest BCUT2D eigenvalue weighted by atomic mass is 16.4. The molecule has 116 valence electrons. The Bertz CT molecular complexity index is 500. The number of oxime groups is 1. The summed E-state index contributed by atoms with van der Waals surface area (Å²) in [5, 5.41) is 17.8. The zero-order valence-electron chi connectivity index (χ0n) is 12.8. The van der Waals surface area contributed by atoms with Crippen LogP contribution in [0.5, 0.6) is 0 Å². The Kier molecular flexibility index (Phi) is 6.68. The number of amides is 1. The van der Waals surface area contributed by atoms with Gasteiger partial charge in [0.2, 0.25) is 5.91 Å². The summed E-state index contributed by atoms with van der Waals surface area (Å²) in [6.07, 6.45) is 0. The normalized spacial score (nSPS) is 13.2. The van der Waals surface area contributed by atoms with Crippen molar-refractivity contribution in [1.29, 1.82) is 0 Å². The molecule has 1 unspecified atom stereocenters. The minimum Gasteiger partial charge on any atom is -0.409 e. The Morgan fingerprint density at radius 1 is 1.33 bits per heavy atom. The standard InChI is InChI=1S/C15H24N4O2/c1-10(2)8-18-15(20)11(3)17-9-12-6-4-5-7-13(12)14(16)19-21/h4-7,10-11,17,21H,8-9H2,1-3H3,(H2,16,19)(H,18,20). The first kappa shape index (κ1) is 17.0.